The maximum atomic E-state index is 11.1. The third-order valence-corrected chi connectivity index (χ3v) is 2.77. The molecule has 12 heavy (non-hydrogen) atoms. The number of unbranched alkanes of at least 4 members (excludes halogenated alkanes) is 1. The van der Waals surface area contributed by atoms with Crippen LogP contribution < -0.4 is 0 Å². The average Bonchev–Trinajstić information content (AvgIpc) is 2.05. The molecule has 0 N–H and O–H groups in total. The second-order valence-corrected chi connectivity index (χ2v) is 4.23. The van der Waals surface area contributed by atoms with Crippen LogP contribution in [0.4, 0.5) is 0 Å². The molecule has 0 unspecified atom stereocenters. The quantitative estimate of drug-likeness (QED) is 0.544. The molecular formula is C10H20OS. The van der Waals surface area contributed by atoms with Gasteiger partial charge >= 0.3 is 0 Å². The van der Waals surface area contributed by atoms with E-state index >= 15 is 0 Å². The molecule has 0 heterocycles. The van der Waals surface area contributed by atoms with Crippen LogP contribution in [0.2, 0.25) is 0 Å². The Hall–Kier alpha value is 0.0200. The topological polar surface area (TPSA) is 17.1 Å². The SMILES string of the molecule is CCCCSCCC(=O)CCC. The van der Waals surface area contributed by atoms with Gasteiger partial charge in [-0.25, -0.2) is 0 Å². The number of carbonyl (C=O) groups excluding carboxylic acids is 1. The van der Waals surface area contributed by atoms with Crippen LogP contribution in [-0.4, -0.2) is 17.3 Å². The van der Waals surface area contributed by atoms with Gasteiger partial charge in [-0.05, 0) is 18.6 Å². The van der Waals surface area contributed by atoms with Crippen LogP contribution in [0, 0.1) is 0 Å². The van der Waals surface area contributed by atoms with Crippen molar-refractivity contribution < 1.29 is 4.79 Å². The first-order chi connectivity index (χ1) is 5.81. The molecule has 2 heteroatoms. The Bertz CT molecular complexity index is 112. The van der Waals surface area contributed by atoms with Crippen LogP contribution in [0.3, 0.4) is 0 Å². The van der Waals surface area contributed by atoms with E-state index in [-0.39, 0.29) is 0 Å². The summed E-state index contributed by atoms with van der Waals surface area (Å²) < 4.78 is 0. The lowest BCUT2D eigenvalue weighted by Crippen LogP contribution is -1.98. The smallest absolute Gasteiger partial charge is 0.133 e. The number of hydrogen-bond acceptors (Lipinski definition) is 2. The van der Waals surface area contributed by atoms with E-state index < -0.39 is 0 Å². The highest BCUT2D eigenvalue weighted by Crippen LogP contribution is 2.07. The van der Waals surface area contributed by atoms with Crippen molar-refractivity contribution in [2.24, 2.45) is 0 Å². The summed E-state index contributed by atoms with van der Waals surface area (Å²) in [5, 5.41) is 0. The van der Waals surface area contributed by atoms with Gasteiger partial charge in [0.05, 0.1) is 0 Å². The largest absolute Gasteiger partial charge is 0.300 e. The first-order valence-electron chi connectivity index (χ1n) is 4.90. The second-order valence-electron chi connectivity index (χ2n) is 3.00. The Balaban J connectivity index is 3.03. The summed E-state index contributed by atoms with van der Waals surface area (Å²) >= 11 is 1.91. The molecule has 0 aliphatic rings. The summed E-state index contributed by atoms with van der Waals surface area (Å²) in [6.07, 6.45) is 5.09. The van der Waals surface area contributed by atoms with Gasteiger partial charge in [0, 0.05) is 18.6 Å². The zero-order valence-corrected chi connectivity index (χ0v) is 9.08. The normalized spacial score (nSPS) is 10.2. The molecule has 0 bridgehead atoms. The summed E-state index contributed by atoms with van der Waals surface area (Å²) in [6.45, 7) is 4.25. The number of thioether (sulfide) groups is 1. The van der Waals surface area contributed by atoms with Crippen LogP contribution in [0.15, 0.2) is 0 Å². The summed E-state index contributed by atoms with van der Waals surface area (Å²) in [6, 6.07) is 0. The Morgan fingerprint density at radius 2 is 1.83 bits per heavy atom. The second kappa shape index (κ2) is 9.11. The zero-order valence-electron chi connectivity index (χ0n) is 8.27. The third-order valence-electron chi connectivity index (χ3n) is 1.70. The summed E-state index contributed by atoms with van der Waals surface area (Å²) in [7, 11) is 0. The Labute approximate surface area is 80.3 Å². The Morgan fingerprint density at radius 1 is 1.08 bits per heavy atom. The fourth-order valence-corrected chi connectivity index (χ4v) is 2.01. The molecule has 0 aromatic carbocycles. The first kappa shape index (κ1) is 12.0. The number of Topliss-reactive ketones (excluding diaryl/α,β-unsaturated/α-hetero) is 1. The van der Waals surface area contributed by atoms with Crippen LogP contribution in [0.1, 0.15) is 46.0 Å². The maximum absolute atomic E-state index is 11.1. The molecule has 0 aromatic heterocycles. The van der Waals surface area contributed by atoms with E-state index in [0.717, 1.165) is 25.0 Å². The predicted molar refractivity (Wildman–Crippen MR) is 56.8 cm³/mol. The predicted octanol–water partition coefficient (Wildman–Crippen LogP) is 3.28. The number of hydrogen-bond donors (Lipinski definition) is 0. The Morgan fingerprint density at radius 3 is 2.42 bits per heavy atom. The first-order valence-corrected chi connectivity index (χ1v) is 6.06. The van der Waals surface area contributed by atoms with Crippen molar-refractivity contribution >= 4 is 17.5 Å². The fourth-order valence-electron chi connectivity index (χ4n) is 0.938. The minimum atomic E-state index is 0.432. The van der Waals surface area contributed by atoms with Crippen molar-refractivity contribution in [2.45, 2.75) is 46.0 Å². The molecule has 0 amide bonds. The van der Waals surface area contributed by atoms with Gasteiger partial charge in [-0.1, -0.05) is 20.3 Å². The lowest BCUT2D eigenvalue weighted by molar-refractivity contribution is -0.118. The molecule has 72 valence electrons. The van der Waals surface area contributed by atoms with Crippen molar-refractivity contribution in [1.82, 2.24) is 0 Å². The monoisotopic (exact) mass is 188 g/mol. The third kappa shape index (κ3) is 8.12. The van der Waals surface area contributed by atoms with Crippen molar-refractivity contribution in [1.29, 1.82) is 0 Å². The maximum Gasteiger partial charge on any atom is 0.133 e. The van der Waals surface area contributed by atoms with Gasteiger partial charge in [-0.3, -0.25) is 4.79 Å². The standard InChI is InChI=1S/C10H20OS/c1-3-5-8-12-9-7-10(11)6-4-2/h3-9H2,1-2H3. The summed E-state index contributed by atoms with van der Waals surface area (Å²) in [5.41, 5.74) is 0. The number of ketones is 1. The Kier molecular flexibility index (Phi) is 9.13. The molecular weight excluding hydrogens is 168 g/mol. The zero-order chi connectivity index (χ0) is 9.23. The van der Waals surface area contributed by atoms with Gasteiger partial charge in [0.2, 0.25) is 0 Å². The van der Waals surface area contributed by atoms with E-state index in [1.165, 1.54) is 18.6 Å². The van der Waals surface area contributed by atoms with E-state index in [0.29, 0.717) is 5.78 Å². The van der Waals surface area contributed by atoms with Crippen LogP contribution in [0.5, 0.6) is 0 Å². The van der Waals surface area contributed by atoms with Gasteiger partial charge in [0.1, 0.15) is 5.78 Å². The lowest BCUT2D eigenvalue weighted by atomic mass is 10.2. The molecule has 0 fully saturated rings. The highest BCUT2D eigenvalue weighted by atomic mass is 32.2. The van der Waals surface area contributed by atoms with Gasteiger partial charge < -0.3 is 0 Å². The van der Waals surface area contributed by atoms with Gasteiger partial charge in [0.15, 0.2) is 0 Å². The lowest BCUT2D eigenvalue weighted by Gasteiger charge is -1.99. The summed E-state index contributed by atoms with van der Waals surface area (Å²) in [4.78, 5) is 11.1. The van der Waals surface area contributed by atoms with Crippen molar-refractivity contribution in [2.75, 3.05) is 11.5 Å². The minimum absolute atomic E-state index is 0.432. The average molecular weight is 188 g/mol. The van der Waals surface area contributed by atoms with E-state index in [4.69, 9.17) is 0 Å². The van der Waals surface area contributed by atoms with Gasteiger partial charge in [-0.15, -0.1) is 0 Å². The van der Waals surface area contributed by atoms with Crippen LogP contribution >= 0.6 is 11.8 Å². The molecule has 0 aliphatic carbocycles. The van der Waals surface area contributed by atoms with Gasteiger partial charge in [-0.2, -0.15) is 11.8 Å². The highest BCUT2D eigenvalue weighted by Gasteiger charge is 1.98. The molecule has 0 radical (unpaired) electrons. The van der Waals surface area contributed by atoms with Crippen molar-refractivity contribution in [3.8, 4) is 0 Å². The van der Waals surface area contributed by atoms with Gasteiger partial charge in [0.25, 0.3) is 0 Å². The van der Waals surface area contributed by atoms with E-state index in [9.17, 15) is 4.79 Å². The molecule has 0 atom stereocenters. The van der Waals surface area contributed by atoms with Crippen LogP contribution in [-0.2, 0) is 4.79 Å². The van der Waals surface area contributed by atoms with Crippen LogP contribution in [0.25, 0.3) is 0 Å². The van der Waals surface area contributed by atoms with Crippen molar-refractivity contribution in [3.05, 3.63) is 0 Å². The molecule has 0 aromatic rings. The number of rotatable bonds is 8. The minimum Gasteiger partial charge on any atom is -0.300 e. The van der Waals surface area contributed by atoms with Crippen molar-refractivity contribution in [3.63, 3.8) is 0 Å². The molecule has 0 spiro atoms. The number of carbonyl (C=O) groups is 1. The van der Waals surface area contributed by atoms with E-state index in [1.807, 2.05) is 11.8 Å². The van der Waals surface area contributed by atoms with E-state index in [2.05, 4.69) is 13.8 Å². The summed E-state index contributed by atoms with van der Waals surface area (Å²) in [5.74, 6) is 2.68. The molecule has 1 nitrogen and oxygen atoms in total. The fraction of sp³-hybridized carbons (Fsp3) is 0.900. The molecule has 0 saturated carbocycles. The highest BCUT2D eigenvalue weighted by molar-refractivity contribution is 7.99. The molecule has 0 saturated heterocycles. The van der Waals surface area contributed by atoms with E-state index in [1.54, 1.807) is 0 Å². The molecule has 0 aliphatic heterocycles. The molecule has 0 rings (SSSR count).